The molecule has 22 nitrogen and oxygen atoms in total. The minimum atomic E-state index is -1.25. The van der Waals surface area contributed by atoms with Gasteiger partial charge in [-0.3, -0.25) is 28.9 Å². The molecular formula is C53H68FN15O7. The molecule has 76 heavy (non-hydrogen) atoms. The van der Waals surface area contributed by atoms with Gasteiger partial charge in [0.15, 0.2) is 5.84 Å². The van der Waals surface area contributed by atoms with Crippen LogP contribution in [0.2, 0.25) is 0 Å². The maximum absolute atomic E-state index is 14.2. The van der Waals surface area contributed by atoms with Crippen molar-refractivity contribution in [3.05, 3.63) is 113 Å². The number of nitrogens with one attached hydrogen (secondary N) is 5. The van der Waals surface area contributed by atoms with Gasteiger partial charge in [0.25, 0.3) is 0 Å². The van der Waals surface area contributed by atoms with E-state index in [0.29, 0.717) is 54.5 Å². The molecule has 1 saturated heterocycles. The molecule has 4 aromatic rings. The number of urea groups is 1. The number of carbonyl (C=O) groups is 6. The number of nitrogens with two attached hydrogens (primary N) is 1. The fraction of sp³-hybridized carbons (Fsp3) is 0.453. The fourth-order valence-electron chi connectivity index (χ4n) is 9.15. The lowest BCUT2D eigenvalue weighted by molar-refractivity contribution is -0.132. The number of aliphatic imine (C=N–C) groups is 1. The van der Waals surface area contributed by atoms with Gasteiger partial charge >= 0.3 is 12.1 Å². The van der Waals surface area contributed by atoms with Gasteiger partial charge in [-0.25, -0.2) is 28.9 Å². The summed E-state index contributed by atoms with van der Waals surface area (Å²) < 4.78 is 21.7. The zero-order valence-electron chi connectivity index (χ0n) is 44.0. The van der Waals surface area contributed by atoms with Crippen LogP contribution in [-0.2, 0) is 43.1 Å². The normalized spacial score (nSPS) is 17.7. The van der Waals surface area contributed by atoms with E-state index in [1.54, 1.807) is 94.4 Å². The first-order chi connectivity index (χ1) is 36.3. The molecule has 0 saturated carbocycles. The number of amidine groups is 1. The number of anilines is 2. The van der Waals surface area contributed by atoms with Crippen LogP contribution in [0.3, 0.4) is 0 Å². The standard InChI is InChI=1S/C53H68FN15O7/c1-32(2)44(70)18-19-45(71)64-46(33(3)4)49(73)63-42(9-8-20-56-50(55)74)48(72)62-40-16-10-35(11-17-40)30-76-52(75)65-53(6,37-12-14-39(54)15-13-37)38-27-57-51(58-28-38)68-23-21-67(22-24-68)47-43-25-41(36-26-60-66(7)29-36)34(5)69(43)61-31-59-47/h10-17,25-29,31-34,41-42,46H,8-9,18-24,30H2,1-7H3,(H,62,72)(H,63,73)(H,64,71)(H,65,75)(H3,55,56,74)/t34?,41?,42-,46-,53-/m0/s1. The fourth-order valence-corrected chi connectivity index (χ4v) is 9.15. The minimum absolute atomic E-state index is 0.0389. The number of carbonyl (C=O) groups excluding carboxylic acids is 6. The summed E-state index contributed by atoms with van der Waals surface area (Å²) in [6.07, 6.45) is 10.6. The van der Waals surface area contributed by atoms with Crippen molar-refractivity contribution < 1.29 is 37.9 Å². The second kappa shape index (κ2) is 24.9. The second-order valence-corrected chi connectivity index (χ2v) is 20.0. The van der Waals surface area contributed by atoms with E-state index in [1.165, 1.54) is 12.1 Å². The molecule has 5 atom stereocenters. The predicted molar refractivity (Wildman–Crippen MR) is 283 cm³/mol. The Morgan fingerprint density at radius 3 is 2.18 bits per heavy atom. The number of piperazine rings is 1. The Balaban J connectivity index is 0.949. The van der Waals surface area contributed by atoms with Crippen molar-refractivity contribution in [1.29, 1.82) is 0 Å². The number of fused-ring (bicyclic) bond motifs is 1. The van der Waals surface area contributed by atoms with Gasteiger partial charge in [0.1, 0.15) is 36.6 Å². The number of primary amides is 1. The molecule has 0 radical (unpaired) electrons. The van der Waals surface area contributed by atoms with Crippen molar-refractivity contribution in [3.8, 4) is 0 Å². The third-order valence-electron chi connectivity index (χ3n) is 13.7. The van der Waals surface area contributed by atoms with Crippen molar-refractivity contribution in [2.24, 2.45) is 34.7 Å². The average molecular weight is 1050 g/mol. The van der Waals surface area contributed by atoms with Crippen molar-refractivity contribution >= 4 is 59.4 Å². The van der Waals surface area contributed by atoms with Crippen LogP contribution in [0.25, 0.3) is 0 Å². The van der Waals surface area contributed by atoms with E-state index in [2.05, 4.69) is 59.6 Å². The van der Waals surface area contributed by atoms with Gasteiger partial charge in [0.05, 0.1) is 23.5 Å². The number of benzene rings is 2. The molecule has 0 aliphatic carbocycles. The zero-order valence-corrected chi connectivity index (χ0v) is 44.0. The number of halogens is 1. The highest BCUT2D eigenvalue weighted by Crippen LogP contribution is 2.37. The third-order valence-corrected chi connectivity index (χ3v) is 13.7. The number of rotatable bonds is 21. The quantitative estimate of drug-likeness (QED) is 0.0633. The number of hydrazone groups is 1. The molecule has 2 unspecified atom stereocenters. The molecule has 6 amide bonds. The van der Waals surface area contributed by atoms with Crippen LogP contribution in [0.1, 0.15) is 95.4 Å². The summed E-state index contributed by atoms with van der Waals surface area (Å²) in [7, 11) is 1.91. The summed E-state index contributed by atoms with van der Waals surface area (Å²) >= 11 is 0. The topological polar surface area (TPSA) is 276 Å². The third kappa shape index (κ3) is 13.9. The minimum Gasteiger partial charge on any atom is -0.445 e. The number of ketones is 1. The molecule has 0 bridgehead atoms. The van der Waals surface area contributed by atoms with E-state index >= 15 is 0 Å². The number of aryl methyl sites for hydroxylation is 1. The van der Waals surface area contributed by atoms with Crippen LogP contribution in [0.5, 0.6) is 0 Å². The van der Waals surface area contributed by atoms with Gasteiger partial charge in [0, 0.05) is 94.3 Å². The van der Waals surface area contributed by atoms with Gasteiger partial charge in [-0.15, -0.1) is 0 Å². The van der Waals surface area contributed by atoms with Crippen LogP contribution in [0.15, 0.2) is 95.2 Å². The molecule has 3 aliphatic rings. The smallest absolute Gasteiger partial charge is 0.408 e. The largest absolute Gasteiger partial charge is 0.445 e. The number of ether oxygens (including phenoxy) is 1. The Bertz CT molecular complexity index is 2810. The number of nitrogens with zero attached hydrogens (tertiary/aromatic N) is 9. The van der Waals surface area contributed by atoms with E-state index in [4.69, 9.17) is 25.4 Å². The molecule has 0 spiro atoms. The van der Waals surface area contributed by atoms with Crippen LogP contribution in [0.4, 0.5) is 25.6 Å². The average Bonchev–Trinajstić information content (AvgIpc) is 3.99. The van der Waals surface area contributed by atoms with Gasteiger partial charge in [-0.05, 0) is 79.6 Å². The van der Waals surface area contributed by atoms with Crippen molar-refractivity contribution in [3.63, 3.8) is 0 Å². The number of hydrogen-bond acceptors (Lipinski definition) is 15. The maximum atomic E-state index is 14.2. The molecule has 404 valence electrons. The Kier molecular flexibility index (Phi) is 18.2. The summed E-state index contributed by atoms with van der Waals surface area (Å²) in [5.74, 6) is -1.22. The number of alkyl carbamates (subject to hydrolysis) is 1. The second-order valence-electron chi connectivity index (χ2n) is 20.0. The molecule has 2 aromatic carbocycles. The van der Waals surface area contributed by atoms with Gasteiger partial charge in [-0.2, -0.15) is 10.2 Å². The van der Waals surface area contributed by atoms with E-state index in [1.807, 2.05) is 24.5 Å². The first-order valence-electron chi connectivity index (χ1n) is 25.5. The predicted octanol–water partition coefficient (Wildman–Crippen LogP) is 4.41. The monoisotopic (exact) mass is 1050 g/mol. The van der Waals surface area contributed by atoms with E-state index < -0.39 is 53.3 Å². The lowest BCUT2D eigenvalue weighted by atomic mass is 9.86. The maximum Gasteiger partial charge on any atom is 0.408 e. The Morgan fingerprint density at radius 1 is 0.868 bits per heavy atom. The lowest BCUT2D eigenvalue weighted by Crippen LogP contribution is -2.54. The van der Waals surface area contributed by atoms with Crippen molar-refractivity contribution in [2.75, 3.05) is 42.9 Å². The summed E-state index contributed by atoms with van der Waals surface area (Å²) in [4.78, 5) is 95.5. The van der Waals surface area contributed by atoms with E-state index in [-0.39, 0.29) is 68.4 Å². The molecule has 5 heterocycles. The van der Waals surface area contributed by atoms with Gasteiger partial charge in [0.2, 0.25) is 23.7 Å². The molecule has 7 N–H and O–H groups in total. The van der Waals surface area contributed by atoms with Gasteiger partial charge < -0.3 is 46.9 Å². The summed E-state index contributed by atoms with van der Waals surface area (Å²) in [5.41, 5.74) is 8.10. The number of Topliss-reactive ketones (excluding diaryl/α,β-unsaturated/α-hetero) is 1. The van der Waals surface area contributed by atoms with E-state index in [0.717, 1.165) is 17.1 Å². The Morgan fingerprint density at radius 2 is 1.55 bits per heavy atom. The number of hydrogen-bond donors (Lipinski definition) is 6. The lowest BCUT2D eigenvalue weighted by Gasteiger charge is -2.38. The summed E-state index contributed by atoms with van der Waals surface area (Å²) in [6.45, 7) is 13.5. The first-order valence-corrected chi connectivity index (χ1v) is 25.5. The number of amides is 6. The van der Waals surface area contributed by atoms with Crippen LogP contribution in [0, 0.1) is 17.7 Å². The highest BCUT2D eigenvalue weighted by molar-refractivity contribution is 6.03. The van der Waals surface area contributed by atoms with Crippen molar-refractivity contribution in [2.45, 2.75) is 103 Å². The Labute approximate surface area is 441 Å². The van der Waals surface area contributed by atoms with Crippen LogP contribution < -0.4 is 37.2 Å². The highest BCUT2D eigenvalue weighted by atomic mass is 19.1. The summed E-state index contributed by atoms with van der Waals surface area (Å²) in [6, 6.07) is 9.59. The number of aromatic nitrogens is 4. The van der Waals surface area contributed by atoms with Crippen LogP contribution >= 0.6 is 0 Å². The molecule has 23 heteroatoms. The van der Waals surface area contributed by atoms with Crippen LogP contribution in [-0.4, -0.2) is 128 Å². The molecular weight excluding hydrogens is 978 g/mol. The molecule has 1 fully saturated rings. The zero-order chi connectivity index (χ0) is 54.7. The van der Waals surface area contributed by atoms with E-state index in [9.17, 15) is 33.2 Å². The SMILES string of the molecule is CC(C)C(=O)CCC(=O)N[C@H](C(=O)N[C@@H](CCCNC(N)=O)C(=O)Nc1ccc(COC(=O)N[C@@](C)(c2ccc(F)cc2)c2cnc(N3CCN(C4=NC=NN5C4=CC(c4cnn(C)c4)C5C)CC3)nc2)cc1)C(C)C. The molecule has 2 aromatic heterocycles. The van der Waals surface area contributed by atoms with Gasteiger partial charge in [-0.1, -0.05) is 52.0 Å². The molecule has 3 aliphatic heterocycles. The molecule has 7 rings (SSSR count). The first kappa shape index (κ1) is 55.5. The highest BCUT2D eigenvalue weighted by Gasteiger charge is 2.39. The Hall–Kier alpha value is -8.24. The van der Waals surface area contributed by atoms with Crippen molar-refractivity contribution in [1.82, 2.24) is 50.9 Å². The summed E-state index contributed by atoms with van der Waals surface area (Å²) in [5, 5.41) is 24.6.